The molecule has 0 aliphatic carbocycles. The first kappa shape index (κ1) is 24.5. The molecule has 4 aromatic rings. The lowest BCUT2D eigenvalue weighted by Gasteiger charge is -2.19. The highest BCUT2D eigenvalue weighted by Gasteiger charge is 2.20. The molecule has 6 nitrogen and oxygen atoms in total. The van der Waals surface area contributed by atoms with Crippen molar-refractivity contribution in [3.63, 3.8) is 0 Å². The molecule has 0 saturated carbocycles. The Morgan fingerprint density at radius 3 is 1.94 bits per heavy atom. The van der Waals surface area contributed by atoms with Crippen molar-refractivity contribution in [3.05, 3.63) is 114 Å². The van der Waals surface area contributed by atoms with Gasteiger partial charge in [0.1, 0.15) is 5.75 Å². The van der Waals surface area contributed by atoms with Crippen molar-refractivity contribution in [1.82, 2.24) is 0 Å². The van der Waals surface area contributed by atoms with Gasteiger partial charge in [0.25, 0.3) is 11.8 Å². The van der Waals surface area contributed by atoms with Crippen LogP contribution in [0.15, 0.2) is 97.1 Å². The molecule has 1 unspecified atom stereocenters. The van der Waals surface area contributed by atoms with Gasteiger partial charge in [-0.25, -0.2) is 0 Å². The van der Waals surface area contributed by atoms with E-state index >= 15 is 0 Å². The minimum absolute atomic E-state index is 0.321. The van der Waals surface area contributed by atoms with Crippen LogP contribution in [0, 0.1) is 13.8 Å². The molecule has 2 amide bonds. The van der Waals surface area contributed by atoms with Crippen LogP contribution in [0.1, 0.15) is 28.4 Å². The Hall–Kier alpha value is -4.58. The summed E-state index contributed by atoms with van der Waals surface area (Å²) in [4.78, 5) is 25.9. The van der Waals surface area contributed by atoms with Gasteiger partial charge in [-0.15, -0.1) is 0 Å². The van der Waals surface area contributed by atoms with E-state index in [0.717, 1.165) is 22.5 Å². The SMILES string of the molecule is Cc1cccc(C)c1OC(C)C(=O)Nc1ccccc1C(=O)Nc1ccc(Nc2ccccc2)cc1. The number of carbonyl (C=O) groups excluding carboxylic acids is 2. The number of rotatable bonds is 8. The first-order valence-electron chi connectivity index (χ1n) is 11.8. The normalized spacial score (nSPS) is 11.3. The molecule has 36 heavy (non-hydrogen) atoms. The van der Waals surface area contributed by atoms with Gasteiger partial charge in [-0.05, 0) is 80.4 Å². The number of ether oxygens (including phenoxy) is 1. The molecular weight excluding hydrogens is 450 g/mol. The zero-order chi connectivity index (χ0) is 25.5. The molecule has 182 valence electrons. The van der Waals surface area contributed by atoms with Crippen molar-refractivity contribution in [3.8, 4) is 5.75 Å². The first-order chi connectivity index (χ1) is 17.4. The van der Waals surface area contributed by atoms with E-state index in [1.807, 2.05) is 86.6 Å². The number of amides is 2. The van der Waals surface area contributed by atoms with Crippen molar-refractivity contribution in [2.75, 3.05) is 16.0 Å². The Kier molecular flexibility index (Phi) is 7.66. The predicted molar refractivity (Wildman–Crippen MR) is 145 cm³/mol. The molecule has 4 aromatic carbocycles. The van der Waals surface area contributed by atoms with Crippen LogP contribution in [0.3, 0.4) is 0 Å². The lowest BCUT2D eigenvalue weighted by atomic mass is 10.1. The minimum atomic E-state index is -0.745. The maximum atomic E-state index is 13.0. The summed E-state index contributed by atoms with van der Waals surface area (Å²) in [5, 5.41) is 9.04. The second-order valence-corrected chi connectivity index (χ2v) is 8.54. The number of para-hydroxylation sites is 3. The van der Waals surface area contributed by atoms with Crippen LogP contribution >= 0.6 is 0 Å². The van der Waals surface area contributed by atoms with E-state index in [2.05, 4.69) is 16.0 Å². The molecule has 0 saturated heterocycles. The highest BCUT2D eigenvalue weighted by molar-refractivity contribution is 6.10. The van der Waals surface area contributed by atoms with Gasteiger partial charge in [0.2, 0.25) is 0 Å². The summed E-state index contributed by atoms with van der Waals surface area (Å²) in [6.07, 6.45) is -0.745. The van der Waals surface area contributed by atoms with E-state index in [1.165, 1.54) is 0 Å². The van der Waals surface area contributed by atoms with Crippen LogP contribution < -0.4 is 20.7 Å². The predicted octanol–water partition coefficient (Wildman–Crippen LogP) is 6.71. The molecule has 0 fully saturated rings. The van der Waals surface area contributed by atoms with Gasteiger partial charge in [-0.2, -0.15) is 0 Å². The van der Waals surface area contributed by atoms with Crippen LogP contribution in [0.4, 0.5) is 22.7 Å². The van der Waals surface area contributed by atoms with Crippen molar-refractivity contribution in [2.24, 2.45) is 0 Å². The topological polar surface area (TPSA) is 79.5 Å². The fraction of sp³-hybridized carbons (Fsp3) is 0.133. The largest absolute Gasteiger partial charge is 0.480 e. The summed E-state index contributed by atoms with van der Waals surface area (Å²) in [5.74, 6) is 0.0311. The quantitative estimate of drug-likeness (QED) is 0.263. The number of hydrogen-bond acceptors (Lipinski definition) is 4. The van der Waals surface area contributed by atoms with Crippen molar-refractivity contribution in [1.29, 1.82) is 0 Å². The van der Waals surface area contributed by atoms with Crippen LogP contribution in [0.5, 0.6) is 5.75 Å². The number of aryl methyl sites for hydroxylation is 2. The zero-order valence-electron chi connectivity index (χ0n) is 20.5. The van der Waals surface area contributed by atoms with Gasteiger partial charge >= 0.3 is 0 Å². The summed E-state index contributed by atoms with van der Waals surface area (Å²) in [7, 11) is 0. The van der Waals surface area contributed by atoms with Gasteiger partial charge in [-0.3, -0.25) is 9.59 Å². The fourth-order valence-electron chi connectivity index (χ4n) is 3.76. The molecule has 3 N–H and O–H groups in total. The van der Waals surface area contributed by atoms with E-state index in [4.69, 9.17) is 4.74 Å². The number of nitrogens with one attached hydrogen (secondary N) is 3. The molecule has 0 aromatic heterocycles. The summed E-state index contributed by atoms with van der Waals surface area (Å²) in [6.45, 7) is 5.57. The minimum Gasteiger partial charge on any atom is -0.480 e. The van der Waals surface area contributed by atoms with Gasteiger partial charge in [-0.1, -0.05) is 48.5 Å². The molecule has 0 spiro atoms. The smallest absolute Gasteiger partial charge is 0.265 e. The number of carbonyl (C=O) groups is 2. The summed E-state index contributed by atoms with van der Waals surface area (Å²) >= 11 is 0. The molecule has 0 aliphatic heterocycles. The average molecular weight is 480 g/mol. The summed E-state index contributed by atoms with van der Waals surface area (Å²) in [6, 6.07) is 30.0. The second-order valence-electron chi connectivity index (χ2n) is 8.54. The van der Waals surface area contributed by atoms with Crippen LogP contribution in [-0.2, 0) is 4.79 Å². The molecule has 6 heteroatoms. The van der Waals surface area contributed by atoms with E-state index in [-0.39, 0.29) is 11.8 Å². The molecular formula is C30H29N3O3. The molecule has 0 aliphatic rings. The number of benzene rings is 4. The highest BCUT2D eigenvalue weighted by Crippen LogP contribution is 2.25. The maximum Gasteiger partial charge on any atom is 0.265 e. The van der Waals surface area contributed by atoms with Crippen LogP contribution in [0.2, 0.25) is 0 Å². The van der Waals surface area contributed by atoms with Crippen molar-refractivity contribution in [2.45, 2.75) is 26.9 Å². The monoisotopic (exact) mass is 479 g/mol. The Morgan fingerprint density at radius 1 is 0.667 bits per heavy atom. The van der Waals surface area contributed by atoms with Gasteiger partial charge in [0.15, 0.2) is 6.10 Å². The van der Waals surface area contributed by atoms with Crippen LogP contribution in [-0.4, -0.2) is 17.9 Å². The van der Waals surface area contributed by atoms with E-state index in [1.54, 1.807) is 31.2 Å². The Bertz CT molecular complexity index is 1330. The fourth-order valence-corrected chi connectivity index (χ4v) is 3.76. The Morgan fingerprint density at radius 2 is 1.25 bits per heavy atom. The molecule has 0 bridgehead atoms. The summed E-state index contributed by atoms with van der Waals surface area (Å²) < 4.78 is 5.94. The third kappa shape index (κ3) is 6.10. The summed E-state index contributed by atoms with van der Waals surface area (Å²) in [5.41, 5.74) is 5.22. The van der Waals surface area contributed by atoms with E-state index in [9.17, 15) is 9.59 Å². The number of hydrogen-bond donors (Lipinski definition) is 3. The lowest BCUT2D eigenvalue weighted by Crippen LogP contribution is -2.31. The average Bonchev–Trinajstić information content (AvgIpc) is 2.88. The zero-order valence-corrected chi connectivity index (χ0v) is 20.5. The maximum absolute atomic E-state index is 13.0. The van der Waals surface area contributed by atoms with Crippen molar-refractivity contribution >= 4 is 34.6 Å². The third-order valence-corrected chi connectivity index (χ3v) is 5.71. The molecule has 0 radical (unpaired) electrons. The molecule has 0 heterocycles. The Balaban J connectivity index is 1.41. The second kappa shape index (κ2) is 11.2. The molecule has 1 atom stereocenters. The lowest BCUT2D eigenvalue weighted by molar-refractivity contribution is -0.122. The highest BCUT2D eigenvalue weighted by atomic mass is 16.5. The van der Waals surface area contributed by atoms with Gasteiger partial charge in [0, 0.05) is 17.1 Å². The van der Waals surface area contributed by atoms with E-state index < -0.39 is 6.10 Å². The van der Waals surface area contributed by atoms with Crippen molar-refractivity contribution < 1.29 is 14.3 Å². The van der Waals surface area contributed by atoms with Gasteiger partial charge in [0.05, 0.1) is 11.3 Å². The third-order valence-electron chi connectivity index (χ3n) is 5.71. The van der Waals surface area contributed by atoms with Crippen LogP contribution in [0.25, 0.3) is 0 Å². The van der Waals surface area contributed by atoms with Gasteiger partial charge < -0.3 is 20.7 Å². The Labute approximate surface area is 211 Å². The first-order valence-corrected chi connectivity index (χ1v) is 11.8. The molecule has 4 rings (SSSR count). The standard InChI is InChI=1S/C30H29N3O3/c1-20-10-9-11-21(2)28(20)36-22(3)29(34)33-27-15-8-7-14-26(27)30(35)32-25-18-16-24(17-19-25)31-23-12-5-4-6-13-23/h4-19,22,31H,1-3H3,(H,32,35)(H,33,34). The number of anilines is 4. The van der Waals surface area contributed by atoms with E-state index in [0.29, 0.717) is 22.7 Å².